The summed E-state index contributed by atoms with van der Waals surface area (Å²) in [5.41, 5.74) is 14.3. The maximum atomic E-state index is 10.8. The summed E-state index contributed by atoms with van der Waals surface area (Å²) in [6, 6.07) is -0.0853. The molecule has 0 amide bonds. The SMILES string of the molecule is C=C(N)NCCC[C@H](C)C(C)=O.C=C(N)NCCC[C@H]([NH3+])C(C)=O.O=CC(F)(F)F. The lowest BCUT2D eigenvalue weighted by molar-refractivity contribution is -0.404. The fourth-order valence-corrected chi connectivity index (χ4v) is 1.66. The maximum absolute atomic E-state index is 10.8. The predicted molar refractivity (Wildman–Crippen MR) is 110 cm³/mol. The van der Waals surface area contributed by atoms with E-state index in [0.717, 1.165) is 38.8 Å². The second-order valence-electron chi connectivity index (χ2n) is 6.67. The number of nitrogens with two attached hydrogens (primary N) is 2. The monoisotopic (exact) mass is 440 g/mol. The number of hydrogen-bond donors (Lipinski definition) is 5. The molecule has 0 unspecified atom stereocenters. The van der Waals surface area contributed by atoms with Crippen LogP contribution in [0.15, 0.2) is 24.8 Å². The Kier molecular flexibility index (Phi) is 19.8. The first kappa shape index (κ1) is 32.1. The van der Waals surface area contributed by atoms with Crippen molar-refractivity contribution in [2.24, 2.45) is 17.4 Å². The molecule has 0 spiro atoms. The van der Waals surface area contributed by atoms with Gasteiger partial charge in [-0.15, -0.1) is 0 Å². The van der Waals surface area contributed by atoms with Gasteiger partial charge in [0.05, 0.1) is 11.6 Å². The quantitative estimate of drug-likeness (QED) is 0.221. The number of alkyl halides is 3. The molecule has 0 saturated carbocycles. The maximum Gasteiger partial charge on any atom is 0.446 e. The van der Waals surface area contributed by atoms with Crippen molar-refractivity contribution in [3.8, 4) is 0 Å². The van der Waals surface area contributed by atoms with Crippen LogP contribution in [0, 0.1) is 5.92 Å². The molecule has 0 rings (SSSR count). The number of ketones is 2. The molecule has 0 saturated heterocycles. The van der Waals surface area contributed by atoms with Crippen molar-refractivity contribution in [3.63, 3.8) is 0 Å². The second kappa shape index (κ2) is 18.5. The Hall–Kier alpha value is -2.56. The van der Waals surface area contributed by atoms with E-state index in [1.54, 1.807) is 13.8 Å². The zero-order chi connectivity index (χ0) is 24.3. The molecule has 0 aliphatic carbocycles. The highest BCUT2D eigenvalue weighted by molar-refractivity contribution is 5.79. The summed E-state index contributed by atoms with van der Waals surface area (Å²) >= 11 is 0. The first-order valence-electron chi connectivity index (χ1n) is 9.37. The van der Waals surface area contributed by atoms with E-state index in [-0.39, 0.29) is 23.5 Å². The van der Waals surface area contributed by atoms with E-state index < -0.39 is 12.5 Å². The van der Waals surface area contributed by atoms with Gasteiger partial charge >= 0.3 is 6.18 Å². The molecule has 0 heterocycles. The minimum Gasteiger partial charge on any atom is -0.386 e. The molecule has 0 fully saturated rings. The van der Waals surface area contributed by atoms with Crippen molar-refractivity contribution in [1.82, 2.24) is 10.6 Å². The summed E-state index contributed by atoms with van der Waals surface area (Å²) < 4.78 is 31.2. The third kappa shape index (κ3) is 30.2. The smallest absolute Gasteiger partial charge is 0.386 e. The van der Waals surface area contributed by atoms with E-state index in [1.807, 2.05) is 6.92 Å². The van der Waals surface area contributed by atoms with Gasteiger partial charge in [-0.1, -0.05) is 20.1 Å². The lowest BCUT2D eigenvalue weighted by Crippen LogP contribution is -2.64. The fraction of sp³-hybridized carbons (Fsp3) is 0.632. The Labute approximate surface area is 176 Å². The van der Waals surface area contributed by atoms with Crippen LogP contribution in [0.1, 0.15) is 46.5 Å². The van der Waals surface area contributed by atoms with E-state index >= 15 is 0 Å². The number of aldehydes is 1. The number of rotatable bonds is 12. The Morgan fingerprint density at radius 1 is 1.00 bits per heavy atom. The third-order valence-corrected chi connectivity index (χ3v) is 3.65. The number of Topliss-reactive ketones (excluding diaryl/α,β-unsaturated/α-hetero) is 2. The van der Waals surface area contributed by atoms with Crippen LogP contribution >= 0.6 is 0 Å². The van der Waals surface area contributed by atoms with Crippen LogP contribution in [0.4, 0.5) is 13.2 Å². The van der Waals surface area contributed by atoms with Crippen molar-refractivity contribution in [2.45, 2.75) is 58.7 Å². The van der Waals surface area contributed by atoms with E-state index in [2.05, 4.69) is 29.5 Å². The molecule has 0 aromatic heterocycles. The van der Waals surface area contributed by atoms with Crippen LogP contribution in [-0.2, 0) is 14.4 Å². The molecule has 0 radical (unpaired) electrons. The molecule has 176 valence electrons. The van der Waals surface area contributed by atoms with Gasteiger partial charge in [0, 0.05) is 32.4 Å². The van der Waals surface area contributed by atoms with Crippen LogP contribution < -0.4 is 27.8 Å². The Bertz CT molecular complexity index is 502. The minimum absolute atomic E-state index is 0.0853. The first-order valence-corrected chi connectivity index (χ1v) is 9.37. The van der Waals surface area contributed by atoms with Crippen LogP contribution in [0.2, 0.25) is 0 Å². The first-order chi connectivity index (χ1) is 13.6. The number of hydrogen-bond acceptors (Lipinski definition) is 7. The van der Waals surface area contributed by atoms with Gasteiger partial charge in [0.25, 0.3) is 0 Å². The molecule has 9 N–H and O–H groups in total. The minimum atomic E-state index is -4.64. The molecule has 30 heavy (non-hydrogen) atoms. The fourth-order valence-electron chi connectivity index (χ4n) is 1.66. The zero-order valence-corrected chi connectivity index (χ0v) is 18.1. The lowest BCUT2D eigenvalue weighted by atomic mass is 10.0. The Morgan fingerprint density at radius 3 is 1.63 bits per heavy atom. The van der Waals surface area contributed by atoms with Gasteiger partial charge in [-0.3, -0.25) is 14.4 Å². The van der Waals surface area contributed by atoms with Crippen molar-refractivity contribution >= 4 is 17.9 Å². The summed E-state index contributed by atoms with van der Waals surface area (Å²) in [6.45, 7) is 13.7. The van der Waals surface area contributed by atoms with Gasteiger partial charge < -0.3 is 27.8 Å². The van der Waals surface area contributed by atoms with Crippen molar-refractivity contribution in [3.05, 3.63) is 24.8 Å². The molecule has 0 aromatic rings. The zero-order valence-electron chi connectivity index (χ0n) is 18.1. The molecule has 2 atom stereocenters. The number of carbonyl (C=O) groups is 3. The normalized spacial score (nSPS) is 12.0. The summed E-state index contributed by atoms with van der Waals surface area (Å²) in [5, 5.41) is 5.80. The molecule has 0 aliphatic heterocycles. The molecule has 11 heteroatoms. The average molecular weight is 441 g/mol. The van der Waals surface area contributed by atoms with Crippen LogP contribution in [-0.4, -0.2) is 43.2 Å². The Balaban J connectivity index is -0.000000386. The summed E-state index contributed by atoms with van der Waals surface area (Å²) in [4.78, 5) is 30.3. The van der Waals surface area contributed by atoms with Crippen molar-refractivity contribution in [2.75, 3.05) is 13.1 Å². The van der Waals surface area contributed by atoms with Gasteiger partial charge in [-0.05, 0) is 26.2 Å². The Morgan fingerprint density at radius 2 is 1.37 bits per heavy atom. The van der Waals surface area contributed by atoms with Gasteiger partial charge in [-0.25, -0.2) is 0 Å². The number of carbonyl (C=O) groups excluding carboxylic acids is 3. The molecular weight excluding hydrogens is 403 g/mol. The van der Waals surface area contributed by atoms with Gasteiger partial charge in [0.15, 0.2) is 5.78 Å². The second-order valence-corrected chi connectivity index (χ2v) is 6.67. The van der Waals surface area contributed by atoms with Crippen LogP contribution in [0.25, 0.3) is 0 Å². The summed E-state index contributed by atoms with van der Waals surface area (Å²) in [5.74, 6) is 1.52. The van der Waals surface area contributed by atoms with E-state index in [9.17, 15) is 22.8 Å². The molecule has 0 aliphatic rings. The van der Waals surface area contributed by atoms with E-state index in [0.29, 0.717) is 11.6 Å². The molecule has 0 aromatic carbocycles. The number of nitrogens with one attached hydrogen (secondary N) is 2. The standard InChI is InChI=1S/C9H18N2O.C8H17N3O.C2HF3O/c1-7(8(2)12)5-4-6-11-9(3)10;1-6(12)8(10)4-3-5-11-7(2)9;3-2(4,5)1-6/h7,11H,3-6,10H2,1-2H3;8,11H,2-5,9-10H2,1H3;1H/p+1/t7-;8-;/m00./s1. The van der Waals surface area contributed by atoms with Crippen LogP contribution in [0.3, 0.4) is 0 Å². The van der Waals surface area contributed by atoms with Crippen molar-refractivity contribution < 1.29 is 33.3 Å². The van der Waals surface area contributed by atoms with Crippen molar-refractivity contribution in [1.29, 1.82) is 0 Å². The highest BCUT2D eigenvalue weighted by Gasteiger charge is 2.24. The highest BCUT2D eigenvalue weighted by atomic mass is 19.4. The van der Waals surface area contributed by atoms with Crippen LogP contribution in [0.5, 0.6) is 0 Å². The average Bonchev–Trinajstić information content (AvgIpc) is 2.61. The molecule has 0 bridgehead atoms. The number of halogens is 3. The lowest BCUT2D eigenvalue weighted by Gasteiger charge is -2.08. The number of quaternary nitrogens is 1. The highest BCUT2D eigenvalue weighted by Crippen LogP contribution is 2.08. The summed E-state index contributed by atoms with van der Waals surface area (Å²) in [7, 11) is 0. The van der Waals surface area contributed by atoms with Gasteiger partial charge in [-0.2, -0.15) is 13.2 Å². The van der Waals surface area contributed by atoms with Gasteiger partial charge in [0.1, 0.15) is 11.8 Å². The molecular formula is C19H37F3N5O3+. The molecule has 8 nitrogen and oxygen atoms in total. The topological polar surface area (TPSA) is 155 Å². The van der Waals surface area contributed by atoms with E-state index in [4.69, 9.17) is 16.3 Å². The third-order valence-electron chi connectivity index (χ3n) is 3.65. The predicted octanol–water partition coefficient (Wildman–Crippen LogP) is 0.744. The van der Waals surface area contributed by atoms with E-state index in [1.165, 1.54) is 0 Å². The largest absolute Gasteiger partial charge is 0.446 e. The summed E-state index contributed by atoms with van der Waals surface area (Å²) in [6.07, 6.45) is -2.14. The van der Waals surface area contributed by atoms with Gasteiger partial charge in [0.2, 0.25) is 6.29 Å².